The maximum Gasteiger partial charge on any atom is 0.416 e. The average Bonchev–Trinajstić information content (AvgIpc) is 2.33. The number of aryl methyl sites for hydroxylation is 1. The molecule has 0 aliphatic carbocycles. The Morgan fingerprint density at radius 3 is 2.72 bits per heavy atom. The van der Waals surface area contributed by atoms with Gasteiger partial charge in [-0.1, -0.05) is 24.3 Å². The fraction of sp³-hybridized carbons (Fsp3) is 0.308. The lowest BCUT2D eigenvalue weighted by Crippen LogP contribution is -2.23. The lowest BCUT2D eigenvalue weighted by Gasteiger charge is -2.08. The monoisotopic (exact) mass is 257 g/mol. The van der Waals surface area contributed by atoms with E-state index >= 15 is 0 Å². The van der Waals surface area contributed by atoms with Gasteiger partial charge < -0.3 is 5.32 Å². The Hall–Kier alpha value is -1.78. The zero-order chi connectivity index (χ0) is 13.6. The smallest absolute Gasteiger partial charge is 0.353 e. The van der Waals surface area contributed by atoms with E-state index in [9.17, 15) is 18.0 Å². The van der Waals surface area contributed by atoms with Crippen LogP contribution in [0.3, 0.4) is 0 Å². The Bertz CT molecular complexity index is 426. The number of nitrogens with one attached hydrogen (secondary N) is 1. The van der Waals surface area contributed by atoms with Crippen LogP contribution in [0.2, 0.25) is 0 Å². The third kappa shape index (κ3) is 4.61. The van der Waals surface area contributed by atoms with Gasteiger partial charge in [-0.05, 0) is 18.1 Å². The molecule has 0 aliphatic rings. The summed E-state index contributed by atoms with van der Waals surface area (Å²) in [5.41, 5.74) is -0.190. The molecule has 0 aromatic heterocycles. The predicted molar refractivity (Wildman–Crippen MR) is 63.0 cm³/mol. The molecule has 1 amide bonds. The molecule has 0 aliphatic heterocycles. The summed E-state index contributed by atoms with van der Waals surface area (Å²) in [6.07, 6.45) is -2.36. The van der Waals surface area contributed by atoms with Gasteiger partial charge in [-0.2, -0.15) is 13.2 Å². The Morgan fingerprint density at radius 1 is 1.39 bits per heavy atom. The molecule has 0 spiro atoms. The summed E-state index contributed by atoms with van der Waals surface area (Å²) >= 11 is 0. The first-order valence-electron chi connectivity index (χ1n) is 5.47. The van der Waals surface area contributed by atoms with Crippen LogP contribution in [0.25, 0.3) is 0 Å². The molecule has 0 bridgehead atoms. The van der Waals surface area contributed by atoms with E-state index in [-0.39, 0.29) is 18.7 Å². The second-order valence-corrected chi connectivity index (χ2v) is 3.79. The zero-order valence-electron chi connectivity index (χ0n) is 9.76. The summed E-state index contributed by atoms with van der Waals surface area (Å²) in [5.74, 6) is -0.202. The Kier molecular flexibility index (Phi) is 4.95. The number of hydrogen-bond acceptors (Lipinski definition) is 1. The van der Waals surface area contributed by atoms with Crippen LogP contribution in [0.1, 0.15) is 17.5 Å². The Balaban J connectivity index is 2.58. The molecular formula is C13H14F3NO. The van der Waals surface area contributed by atoms with Crippen LogP contribution < -0.4 is 5.32 Å². The Morgan fingerprint density at radius 2 is 2.11 bits per heavy atom. The molecule has 0 unspecified atom stereocenters. The second kappa shape index (κ2) is 6.23. The fourth-order valence-corrected chi connectivity index (χ4v) is 1.44. The van der Waals surface area contributed by atoms with E-state index in [0.29, 0.717) is 12.1 Å². The minimum absolute atomic E-state index is 0.162. The van der Waals surface area contributed by atoms with Gasteiger partial charge in [0.05, 0.1) is 5.56 Å². The number of rotatable bonds is 5. The van der Waals surface area contributed by atoms with E-state index in [0.717, 1.165) is 12.1 Å². The molecule has 1 N–H and O–H groups in total. The standard InChI is InChI=1S/C13H14F3NO/c1-2-8-17-12(18)7-6-10-4-3-5-11(9-10)13(14,15)16/h2-5,9H,1,6-8H2,(H,17,18). The molecule has 1 aromatic rings. The quantitative estimate of drug-likeness (QED) is 0.807. The molecule has 2 nitrogen and oxygen atoms in total. The van der Waals surface area contributed by atoms with Crippen molar-refractivity contribution in [1.82, 2.24) is 5.32 Å². The molecule has 0 radical (unpaired) electrons. The van der Waals surface area contributed by atoms with Gasteiger partial charge in [-0.15, -0.1) is 6.58 Å². The van der Waals surface area contributed by atoms with Crippen molar-refractivity contribution in [2.75, 3.05) is 6.54 Å². The number of benzene rings is 1. The van der Waals surface area contributed by atoms with Gasteiger partial charge in [0, 0.05) is 13.0 Å². The number of alkyl halides is 3. The highest BCUT2D eigenvalue weighted by molar-refractivity contribution is 5.76. The third-order valence-electron chi connectivity index (χ3n) is 2.34. The molecule has 0 fully saturated rings. The first-order valence-corrected chi connectivity index (χ1v) is 5.47. The van der Waals surface area contributed by atoms with Crippen molar-refractivity contribution in [2.45, 2.75) is 19.0 Å². The maximum absolute atomic E-state index is 12.4. The zero-order valence-corrected chi connectivity index (χ0v) is 9.76. The molecular weight excluding hydrogens is 243 g/mol. The van der Waals surface area contributed by atoms with Crippen molar-refractivity contribution in [3.63, 3.8) is 0 Å². The van der Waals surface area contributed by atoms with Gasteiger partial charge in [0.15, 0.2) is 0 Å². The molecule has 1 rings (SSSR count). The van der Waals surface area contributed by atoms with Gasteiger partial charge >= 0.3 is 6.18 Å². The molecule has 5 heteroatoms. The Labute approximate surface area is 104 Å². The van der Waals surface area contributed by atoms with E-state index < -0.39 is 11.7 Å². The number of carbonyl (C=O) groups is 1. The van der Waals surface area contributed by atoms with Crippen molar-refractivity contribution >= 4 is 5.91 Å². The van der Waals surface area contributed by atoms with Crippen molar-refractivity contribution < 1.29 is 18.0 Å². The summed E-state index contributed by atoms with van der Waals surface area (Å²) < 4.78 is 37.3. The first kappa shape index (κ1) is 14.3. The second-order valence-electron chi connectivity index (χ2n) is 3.79. The third-order valence-corrected chi connectivity index (χ3v) is 2.34. The minimum Gasteiger partial charge on any atom is -0.353 e. The summed E-state index contributed by atoms with van der Waals surface area (Å²) in [7, 11) is 0. The van der Waals surface area contributed by atoms with Crippen LogP contribution in [-0.4, -0.2) is 12.5 Å². The molecule has 98 valence electrons. The minimum atomic E-state index is -4.35. The van der Waals surface area contributed by atoms with Crippen LogP contribution in [-0.2, 0) is 17.4 Å². The number of carbonyl (C=O) groups excluding carboxylic acids is 1. The number of amides is 1. The van der Waals surface area contributed by atoms with Crippen molar-refractivity contribution in [3.8, 4) is 0 Å². The summed E-state index contributed by atoms with van der Waals surface area (Å²) in [5, 5.41) is 2.57. The topological polar surface area (TPSA) is 29.1 Å². The van der Waals surface area contributed by atoms with Crippen LogP contribution in [0, 0.1) is 0 Å². The predicted octanol–water partition coefficient (Wildman–Crippen LogP) is 2.94. The molecule has 1 aromatic carbocycles. The van der Waals surface area contributed by atoms with E-state index in [4.69, 9.17) is 0 Å². The van der Waals surface area contributed by atoms with E-state index in [1.807, 2.05) is 0 Å². The summed E-state index contributed by atoms with van der Waals surface area (Å²) in [6, 6.07) is 5.01. The van der Waals surface area contributed by atoms with Crippen LogP contribution in [0.15, 0.2) is 36.9 Å². The highest BCUT2D eigenvalue weighted by Crippen LogP contribution is 2.29. The van der Waals surface area contributed by atoms with Gasteiger partial charge in [-0.3, -0.25) is 4.79 Å². The van der Waals surface area contributed by atoms with Gasteiger partial charge in [0.2, 0.25) is 5.91 Å². The highest BCUT2D eigenvalue weighted by atomic mass is 19.4. The van der Waals surface area contributed by atoms with E-state index in [1.165, 1.54) is 6.07 Å². The fourth-order valence-electron chi connectivity index (χ4n) is 1.44. The van der Waals surface area contributed by atoms with Gasteiger partial charge in [-0.25, -0.2) is 0 Å². The average molecular weight is 257 g/mol. The largest absolute Gasteiger partial charge is 0.416 e. The highest BCUT2D eigenvalue weighted by Gasteiger charge is 2.30. The SMILES string of the molecule is C=CCNC(=O)CCc1cccc(C(F)(F)F)c1. The number of halogens is 3. The lowest BCUT2D eigenvalue weighted by atomic mass is 10.1. The molecule has 0 saturated carbocycles. The van der Waals surface area contributed by atoms with Crippen molar-refractivity contribution in [2.24, 2.45) is 0 Å². The van der Waals surface area contributed by atoms with Crippen molar-refractivity contribution in [3.05, 3.63) is 48.0 Å². The molecule has 0 saturated heterocycles. The van der Waals surface area contributed by atoms with Gasteiger partial charge in [0.25, 0.3) is 0 Å². The van der Waals surface area contributed by atoms with Crippen LogP contribution in [0.4, 0.5) is 13.2 Å². The normalized spacial score (nSPS) is 11.1. The maximum atomic E-state index is 12.4. The van der Waals surface area contributed by atoms with Crippen molar-refractivity contribution in [1.29, 1.82) is 0 Å². The van der Waals surface area contributed by atoms with E-state index in [2.05, 4.69) is 11.9 Å². The summed E-state index contributed by atoms with van der Waals surface area (Å²) in [6.45, 7) is 3.81. The van der Waals surface area contributed by atoms with Crippen LogP contribution >= 0.6 is 0 Å². The number of hydrogen-bond donors (Lipinski definition) is 1. The lowest BCUT2D eigenvalue weighted by molar-refractivity contribution is -0.137. The van der Waals surface area contributed by atoms with Gasteiger partial charge in [0.1, 0.15) is 0 Å². The van der Waals surface area contributed by atoms with E-state index in [1.54, 1.807) is 12.1 Å². The first-order chi connectivity index (χ1) is 8.43. The molecule has 0 heterocycles. The molecule has 18 heavy (non-hydrogen) atoms. The molecule has 0 atom stereocenters. The summed E-state index contributed by atoms with van der Waals surface area (Å²) in [4.78, 5) is 11.3. The van der Waals surface area contributed by atoms with Crippen LogP contribution in [0.5, 0.6) is 0 Å².